The molecule has 0 aliphatic carbocycles. The van der Waals surface area contributed by atoms with E-state index in [9.17, 15) is 13.6 Å². The topological polar surface area (TPSA) is 41.9 Å². The molecule has 4 nitrogen and oxygen atoms in total. The van der Waals surface area contributed by atoms with Crippen LogP contribution in [-0.4, -0.2) is 30.9 Å². The van der Waals surface area contributed by atoms with E-state index >= 15 is 0 Å². The van der Waals surface area contributed by atoms with Crippen LogP contribution in [0, 0.1) is 11.6 Å². The Balaban J connectivity index is 2.52. The van der Waals surface area contributed by atoms with Crippen LogP contribution < -0.4 is 0 Å². The van der Waals surface area contributed by atoms with Crippen LogP contribution in [0.25, 0.3) is 0 Å². The predicted molar refractivity (Wildman–Crippen MR) is 65.4 cm³/mol. The van der Waals surface area contributed by atoms with E-state index < -0.39 is 23.2 Å². The van der Waals surface area contributed by atoms with Crippen LogP contribution in [-0.2, 0) is 9.53 Å². The normalized spacial score (nSPS) is 17.1. The highest BCUT2D eigenvalue weighted by atomic mass is 19.1. The average Bonchev–Trinajstić information content (AvgIpc) is 2.69. The van der Waals surface area contributed by atoms with E-state index in [4.69, 9.17) is 4.74 Å². The van der Waals surface area contributed by atoms with Gasteiger partial charge in [-0.05, 0) is 19.1 Å². The number of rotatable bonds is 2. The summed E-state index contributed by atoms with van der Waals surface area (Å²) in [6.45, 7) is 1.67. The van der Waals surface area contributed by atoms with Gasteiger partial charge in [-0.3, -0.25) is 0 Å². The molecule has 19 heavy (non-hydrogen) atoms. The summed E-state index contributed by atoms with van der Waals surface area (Å²) >= 11 is 0. The molecule has 6 heteroatoms. The summed E-state index contributed by atoms with van der Waals surface area (Å²) in [4.78, 5) is 17.2. The summed E-state index contributed by atoms with van der Waals surface area (Å²) in [6.07, 6.45) is 0. The van der Waals surface area contributed by atoms with E-state index in [0.29, 0.717) is 5.70 Å². The van der Waals surface area contributed by atoms with Crippen molar-refractivity contribution >= 4 is 11.9 Å². The first kappa shape index (κ1) is 13.2. The van der Waals surface area contributed by atoms with Gasteiger partial charge in [0.25, 0.3) is 0 Å². The minimum Gasteiger partial charge on any atom is -0.402 e. The number of ether oxygens (including phenoxy) is 1. The Morgan fingerprint density at radius 3 is 2.37 bits per heavy atom. The first-order valence-electron chi connectivity index (χ1n) is 5.55. The monoisotopic (exact) mass is 266 g/mol. The number of benzene rings is 1. The van der Waals surface area contributed by atoms with Gasteiger partial charge in [-0.25, -0.2) is 18.6 Å². The first-order chi connectivity index (χ1) is 8.91. The van der Waals surface area contributed by atoms with Gasteiger partial charge in [0, 0.05) is 19.8 Å². The van der Waals surface area contributed by atoms with Crippen LogP contribution in [0.2, 0.25) is 0 Å². The van der Waals surface area contributed by atoms with Gasteiger partial charge in [0.05, 0.1) is 0 Å². The summed E-state index contributed by atoms with van der Waals surface area (Å²) in [5.41, 5.74) is 0.164. The molecule has 2 rings (SSSR count). The summed E-state index contributed by atoms with van der Waals surface area (Å²) in [6, 6.07) is 3.39. The number of hydrogen-bond donors (Lipinski definition) is 0. The molecule has 1 aromatic rings. The van der Waals surface area contributed by atoms with Gasteiger partial charge in [-0.15, -0.1) is 0 Å². The maximum atomic E-state index is 13.6. The minimum absolute atomic E-state index is 0.0441. The highest BCUT2D eigenvalue weighted by Crippen LogP contribution is 2.23. The maximum Gasteiger partial charge on any atom is 0.365 e. The molecule has 0 saturated heterocycles. The summed E-state index contributed by atoms with van der Waals surface area (Å²) < 4.78 is 32.0. The second-order valence-corrected chi connectivity index (χ2v) is 4.23. The number of carbonyl (C=O) groups is 1. The van der Waals surface area contributed by atoms with Gasteiger partial charge in [0.15, 0.2) is 5.70 Å². The number of cyclic esters (lactones) is 1. The van der Waals surface area contributed by atoms with Crippen LogP contribution >= 0.6 is 0 Å². The Bertz CT molecular complexity index is 586. The SMILES string of the molecule is C/C(=C1\N=C(c2c(F)cccc2F)OC1=O)N(C)C. The van der Waals surface area contributed by atoms with E-state index in [1.165, 1.54) is 6.07 Å². The number of allylic oxidation sites excluding steroid dienone is 1. The van der Waals surface area contributed by atoms with Gasteiger partial charge in [-0.2, -0.15) is 0 Å². The van der Waals surface area contributed by atoms with Crippen molar-refractivity contribution in [3.05, 3.63) is 46.8 Å². The smallest absolute Gasteiger partial charge is 0.365 e. The Hall–Kier alpha value is -2.24. The van der Waals surface area contributed by atoms with E-state index in [2.05, 4.69) is 4.99 Å². The highest BCUT2D eigenvalue weighted by Gasteiger charge is 2.30. The molecule has 0 N–H and O–H groups in total. The molecule has 1 aliphatic rings. The fraction of sp³-hybridized carbons (Fsp3) is 0.231. The molecule has 0 bridgehead atoms. The molecule has 0 unspecified atom stereocenters. The number of hydrogen-bond acceptors (Lipinski definition) is 4. The van der Waals surface area contributed by atoms with Gasteiger partial charge in [-0.1, -0.05) is 6.07 Å². The third kappa shape index (κ3) is 2.33. The fourth-order valence-corrected chi connectivity index (χ4v) is 1.56. The lowest BCUT2D eigenvalue weighted by atomic mass is 10.2. The molecular weight excluding hydrogens is 254 g/mol. The number of carbonyl (C=O) groups excluding carboxylic acids is 1. The van der Waals surface area contributed by atoms with Gasteiger partial charge in [0.2, 0.25) is 5.90 Å². The lowest BCUT2D eigenvalue weighted by Gasteiger charge is -2.12. The van der Waals surface area contributed by atoms with Crippen molar-refractivity contribution < 1.29 is 18.3 Å². The Morgan fingerprint density at radius 1 is 1.26 bits per heavy atom. The quantitative estimate of drug-likeness (QED) is 0.608. The molecular formula is C13H12F2N2O2. The number of esters is 1. The van der Waals surface area contributed by atoms with E-state index in [-0.39, 0.29) is 11.6 Å². The Morgan fingerprint density at radius 2 is 1.84 bits per heavy atom. The number of halogens is 2. The molecule has 0 saturated carbocycles. The van der Waals surface area contributed by atoms with E-state index in [1.54, 1.807) is 25.9 Å². The third-order valence-electron chi connectivity index (χ3n) is 2.79. The summed E-state index contributed by atoms with van der Waals surface area (Å²) in [5.74, 6) is -2.72. The Kier molecular flexibility index (Phi) is 3.33. The lowest BCUT2D eigenvalue weighted by molar-refractivity contribution is -0.130. The number of nitrogens with zero attached hydrogens (tertiary/aromatic N) is 2. The van der Waals surface area contributed by atoms with Gasteiger partial charge in [0.1, 0.15) is 17.2 Å². The molecule has 100 valence electrons. The zero-order valence-corrected chi connectivity index (χ0v) is 10.7. The summed E-state index contributed by atoms with van der Waals surface area (Å²) in [7, 11) is 3.46. The van der Waals surface area contributed by atoms with Crippen molar-refractivity contribution in [2.45, 2.75) is 6.92 Å². The highest BCUT2D eigenvalue weighted by molar-refractivity contribution is 6.11. The second-order valence-electron chi connectivity index (χ2n) is 4.23. The van der Waals surface area contributed by atoms with Crippen molar-refractivity contribution in [1.29, 1.82) is 0 Å². The van der Waals surface area contributed by atoms with Crippen molar-refractivity contribution in [2.24, 2.45) is 4.99 Å². The van der Waals surface area contributed by atoms with Crippen LogP contribution in [0.4, 0.5) is 8.78 Å². The molecule has 0 spiro atoms. The van der Waals surface area contributed by atoms with Crippen molar-refractivity contribution in [1.82, 2.24) is 4.90 Å². The molecule has 1 aliphatic heterocycles. The molecule has 0 amide bonds. The average molecular weight is 266 g/mol. The maximum absolute atomic E-state index is 13.6. The predicted octanol–water partition coefficient (Wildman–Crippen LogP) is 2.06. The molecule has 1 heterocycles. The summed E-state index contributed by atoms with van der Waals surface area (Å²) in [5, 5.41) is 0. The van der Waals surface area contributed by atoms with Crippen LogP contribution in [0.3, 0.4) is 0 Å². The molecule has 0 aromatic heterocycles. The molecule has 0 radical (unpaired) electrons. The Labute approximate surface area is 109 Å². The van der Waals surface area contributed by atoms with Gasteiger partial charge >= 0.3 is 5.97 Å². The van der Waals surface area contributed by atoms with Gasteiger partial charge < -0.3 is 9.64 Å². The number of aliphatic imine (C=N–C) groups is 1. The zero-order valence-electron chi connectivity index (χ0n) is 10.7. The molecule has 0 atom stereocenters. The van der Waals surface area contributed by atoms with Crippen molar-refractivity contribution in [3.8, 4) is 0 Å². The van der Waals surface area contributed by atoms with Crippen LogP contribution in [0.1, 0.15) is 12.5 Å². The standard InChI is InChI=1S/C13H12F2N2O2/c1-7(17(2)3)11-13(18)19-12(16-11)10-8(14)5-4-6-9(10)15/h4-6H,1-3H3/b11-7+. The van der Waals surface area contributed by atoms with Crippen LogP contribution in [0.5, 0.6) is 0 Å². The zero-order chi connectivity index (χ0) is 14.2. The van der Waals surface area contributed by atoms with E-state index in [1.807, 2.05) is 0 Å². The fourth-order valence-electron chi connectivity index (χ4n) is 1.56. The third-order valence-corrected chi connectivity index (χ3v) is 2.79. The van der Waals surface area contributed by atoms with Crippen molar-refractivity contribution in [3.63, 3.8) is 0 Å². The van der Waals surface area contributed by atoms with Crippen molar-refractivity contribution in [2.75, 3.05) is 14.1 Å². The molecule has 1 aromatic carbocycles. The lowest BCUT2D eigenvalue weighted by Crippen LogP contribution is -2.13. The van der Waals surface area contributed by atoms with Crippen LogP contribution in [0.15, 0.2) is 34.6 Å². The first-order valence-corrected chi connectivity index (χ1v) is 5.55. The van der Waals surface area contributed by atoms with E-state index in [0.717, 1.165) is 12.1 Å². The minimum atomic E-state index is -0.824. The second kappa shape index (κ2) is 4.79. The largest absolute Gasteiger partial charge is 0.402 e. The molecule has 0 fully saturated rings.